The van der Waals surface area contributed by atoms with Gasteiger partial charge in [-0.1, -0.05) is 0 Å². The van der Waals surface area contributed by atoms with Gasteiger partial charge in [0, 0.05) is 17.7 Å². The van der Waals surface area contributed by atoms with Gasteiger partial charge < -0.3 is 10.4 Å². The number of amides is 1. The maximum atomic E-state index is 12.0. The van der Waals surface area contributed by atoms with Crippen LogP contribution in [0.3, 0.4) is 0 Å². The number of aromatic nitrogens is 2. The lowest BCUT2D eigenvalue weighted by Crippen LogP contribution is -2.16. The van der Waals surface area contributed by atoms with Crippen molar-refractivity contribution >= 4 is 11.7 Å². The zero-order valence-corrected chi connectivity index (χ0v) is 10.3. The van der Waals surface area contributed by atoms with Gasteiger partial charge in [0.25, 0.3) is 5.91 Å². The summed E-state index contributed by atoms with van der Waals surface area (Å²) in [6.07, 6.45) is 1.65. The standard InChI is InChI=1S/C13H15N3O2/c1-9(2)16-12(7-8-14-16)15-13(18)10-3-5-11(17)6-4-10/h3-9,17H,1-2H3,(H,15,18). The van der Waals surface area contributed by atoms with E-state index < -0.39 is 0 Å². The zero-order chi connectivity index (χ0) is 13.1. The minimum atomic E-state index is -0.225. The number of carbonyl (C=O) groups excluding carboxylic acids is 1. The Balaban J connectivity index is 2.16. The van der Waals surface area contributed by atoms with Crippen LogP contribution in [-0.4, -0.2) is 20.8 Å². The molecule has 0 aliphatic carbocycles. The molecule has 0 aliphatic heterocycles. The highest BCUT2D eigenvalue weighted by Crippen LogP contribution is 2.15. The number of nitrogens with zero attached hydrogens (tertiary/aromatic N) is 2. The molecule has 0 saturated carbocycles. The minimum Gasteiger partial charge on any atom is -0.508 e. The Labute approximate surface area is 105 Å². The summed E-state index contributed by atoms with van der Waals surface area (Å²) >= 11 is 0. The Morgan fingerprint density at radius 2 is 1.94 bits per heavy atom. The summed E-state index contributed by atoms with van der Waals surface area (Å²) in [6.45, 7) is 3.98. The molecule has 1 aromatic heterocycles. The fourth-order valence-corrected chi connectivity index (χ4v) is 1.63. The van der Waals surface area contributed by atoms with E-state index in [9.17, 15) is 4.79 Å². The van der Waals surface area contributed by atoms with E-state index in [-0.39, 0.29) is 17.7 Å². The Kier molecular flexibility index (Phi) is 3.32. The van der Waals surface area contributed by atoms with Crippen LogP contribution >= 0.6 is 0 Å². The molecular formula is C13H15N3O2. The van der Waals surface area contributed by atoms with Crippen molar-refractivity contribution in [1.82, 2.24) is 9.78 Å². The number of hydrogen-bond acceptors (Lipinski definition) is 3. The van der Waals surface area contributed by atoms with E-state index in [0.717, 1.165) is 0 Å². The van der Waals surface area contributed by atoms with Gasteiger partial charge in [0.1, 0.15) is 11.6 Å². The van der Waals surface area contributed by atoms with Crippen LogP contribution < -0.4 is 5.32 Å². The summed E-state index contributed by atoms with van der Waals surface area (Å²) in [6, 6.07) is 8.03. The van der Waals surface area contributed by atoms with Gasteiger partial charge in [-0.3, -0.25) is 4.79 Å². The van der Waals surface area contributed by atoms with E-state index >= 15 is 0 Å². The predicted octanol–water partition coefficient (Wildman–Crippen LogP) is 2.42. The highest BCUT2D eigenvalue weighted by Gasteiger charge is 2.10. The first-order chi connectivity index (χ1) is 8.58. The molecule has 0 spiro atoms. The van der Waals surface area contributed by atoms with Crippen LogP contribution in [0, 0.1) is 0 Å². The topological polar surface area (TPSA) is 67.2 Å². The molecule has 0 aliphatic rings. The molecule has 0 bridgehead atoms. The quantitative estimate of drug-likeness (QED) is 0.872. The second kappa shape index (κ2) is 4.91. The smallest absolute Gasteiger partial charge is 0.256 e. The van der Waals surface area contributed by atoms with Gasteiger partial charge in [0.2, 0.25) is 0 Å². The van der Waals surface area contributed by atoms with Crippen LogP contribution in [0.2, 0.25) is 0 Å². The van der Waals surface area contributed by atoms with Crippen molar-refractivity contribution in [3.05, 3.63) is 42.1 Å². The van der Waals surface area contributed by atoms with Gasteiger partial charge >= 0.3 is 0 Å². The largest absolute Gasteiger partial charge is 0.508 e. The summed E-state index contributed by atoms with van der Waals surface area (Å²) in [5, 5.41) is 16.1. The molecule has 94 valence electrons. The van der Waals surface area contributed by atoms with Crippen LogP contribution in [0.4, 0.5) is 5.82 Å². The monoisotopic (exact) mass is 245 g/mol. The second-order valence-electron chi connectivity index (χ2n) is 4.26. The first kappa shape index (κ1) is 12.2. The van der Waals surface area contributed by atoms with Gasteiger partial charge in [0.05, 0.1) is 6.20 Å². The van der Waals surface area contributed by atoms with Crippen LogP contribution in [-0.2, 0) is 0 Å². The van der Waals surface area contributed by atoms with E-state index in [2.05, 4.69) is 10.4 Å². The number of rotatable bonds is 3. The maximum absolute atomic E-state index is 12.0. The second-order valence-corrected chi connectivity index (χ2v) is 4.26. The van der Waals surface area contributed by atoms with E-state index in [1.54, 1.807) is 29.1 Å². The molecule has 0 fully saturated rings. The first-order valence-corrected chi connectivity index (χ1v) is 5.72. The van der Waals surface area contributed by atoms with Crippen LogP contribution in [0.25, 0.3) is 0 Å². The zero-order valence-electron chi connectivity index (χ0n) is 10.3. The number of phenolic OH excluding ortho intramolecular Hbond substituents is 1. The third-order valence-electron chi connectivity index (χ3n) is 2.53. The third-order valence-corrected chi connectivity index (χ3v) is 2.53. The summed E-state index contributed by atoms with van der Waals surface area (Å²) in [7, 11) is 0. The van der Waals surface area contributed by atoms with Crippen molar-refractivity contribution in [1.29, 1.82) is 0 Å². The summed E-state index contributed by atoms with van der Waals surface area (Å²) in [5.41, 5.74) is 0.490. The van der Waals surface area contributed by atoms with Crippen molar-refractivity contribution in [3.8, 4) is 5.75 Å². The fourth-order valence-electron chi connectivity index (χ4n) is 1.63. The van der Waals surface area contributed by atoms with E-state index in [4.69, 9.17) is 5.11 Å². The van der Waals surface area contributed by atoms with Gasteiger partial charge in [-0.2, -0.15) is 5.10 Å². The molecule has 0 radical (unpaired) electrons. The number of carbonyl (C=O) groups is 1. The summed E-state index contributed by atoms with van der Waals surface area (Å²) in [5.74, 6) is 0.569. The lowest BCUT2D eigenvalue weighted by Gasteiger charge is -2.11. The van der Waals surface area contributed by atoms with Crippen molar-refractivity contribution in [3.63, 3.8) is 0 Å². The molecule has 1 aromatic carbocycles. The molecular weight excluding hydrogens is 230 g/mol. The van der Waals surface area contributed by atoms with E-state index in [0.29, 0.717) is 11.4 Å². The van der Waals surface area contributed by atoms with Crippen molar-refractivity contribution in [2.24, 2.45) is 0 Å². The first-order valence-electron chi connectivity index (χ1n) is 5.72. The van der Waals surface area contributed by atoms with Gasteiger partial charge in [-0.25, -0.2) is 4.68 Å². The maximum Gasteiger partial charge on any atom is 0.256 e. The summed E-state index contributed by atoms with van der Waals surface area (Å²) < 4.78 is 1.73. The van der Waals surface area contributed by atoms with Crippen LogP contribution in [0.1, 0.15) is 30.2 Å². The molecule has 5 heteroatoms. The van der Waals surface area contributed by atoms with Crippen molar-refractivity contribution in [2.75, 3.05) is 5.32 Å². The molecule has 2 aromatic rings. The average molecular weight is 245 g/mol. The third kappa shape index (κ3) is 2.51. The highest BCUT2D eigenvalue weighted by molar-refractivity contribution is 6.03. The number of nitrogens with one attached hydrogen (secondary N) is 1. The molecule has 0 atom stereocenters. The Morgan fingerprint density at radius 1 is 1.28 bits per heavy atom. The number of anilines is 1. The number of aromatic hydroxyl groups is 1. The molecule has 0 unspecified atom stereocenters. The van der Waals surface area contributed by atoms with Crippen molar-refractivity contribution < 1.29 is 9.90 Å². The Bertz CT molecular complexity index is 544. The molecule has 2 N–H and O–H groups in total. The van der Waals surface area contributed by atoms with Crippen LogP contribution in [0.5, 0.6) is 5.75 Å². The lowest BCUT2D eigenvalue weighted by atomic mass is 10.2. The molecule has 1 heterocycles. The Hall–Kier alpha value is -2.30. The Morgan fingerprint density at radius 3 is 2.56 bits per heavy atom. The number of benzene rings is 1. The van der Waals surface area contributed by atoms with E-state index in [1.807, 2.05) is 13.8 Å². The highest BCUT2D eigenvalue weighted by atomic mass is 16.3. The molecule has 2 rings (SSSR count). The van der Waals surface area contributed by atoms with Gasteiger partial charge in [0.15, 0.2) is 0 Å². The summed E-state index contributed by atoms with van der Waals surface area (Å²) in [4.78, 5) is 12.0. The van der Waals surface area contributed by atoms with E-state index in [1.165, 1.54) is 12.1 Å². The SMILES string of the molecule is CC(C)n1nccc1NC(=O)c1ccc(O)cc1. The van der Waals surface area contributed by atoms with Gasteiger partial charge in [-0.15, -0.1) is 0 Å². The molecule has 1 amide bonds. The van der Waals surface area contributed by atoms with Gasteiger partial charge in [-0.05, 0) is 38.1 Å². The fraction of sp³-hybridized carbons (Fsp3) is 0.231. The minimum absolute atomic E-state index is 0.138. The average Bonchev–Trinajstić information content (AvgIpc) is 2.78. The molecule has 0 saturated heterocycles. The predicted molar refractivity (Wildman–Crippen MR) is 68.7 cm³/mol. The van der Waals surface area contributed by atoms with Crippen LogP contribution in [0.15, 0.2) is 36.5 Å². The molecule has 5 nitrogen and oxygen atoms in total. The number of phenols is 1. The lowest BCUT2D eigenvalue weighted by molar-refractivity contribution is 0.102. The van der Waals surface area contributed by atoms with Crippen molar-refractivity contribution in [2.45, 2.75) is 19.9 Å². The number of hydrogen-bond donors (Lipinski definition) is 2. The molecule has 18 heavy (non-hydrogen) atoms. The normalized spacial score (nSPS) is 10.6.